The summed E-state index contributed by atoms with van der Waals surface area (Å²) >= 11 is 0. The molecule has 1 N–H and O–H groups in total. The number of aromatic nitrogens is 1. The van der Waals surface area contributed by atoms with Gasteiger partial charge >= 0.3 is 0 Å². The normalized spacial score (nSPS) is 12.9. The molecule has 2 rings (SSSR count). The predicted octanol–water partition coefficient (Wildman–Crippen LogP) is 3.57. The maximum atomic E-state index is 5.40. The molecule has 3 heteroatoms. The van der Waals surface area contributed by atoms with Gasteiger partial charge in [-0.25, -0.2) is 0 Å². The van der Waals surface area contributed by atoms with Gasteiger partial charge in [0, 0.05) is 24.5 Å². The van der Waals surface area contributed by atoms with Crippen LogP contribution >= 0.6 is 0 Å². The van der Waals surface area contributed by atoms with Crippen molar-refractivity contribution in [3.05, 3.63) is 47.2 Å². The minimum atomic E-state index is 0.240. The molecule has 18 heavy (non-hydrogen) atoms. The van der Waals surface area contributed by atoms with Crippen molar-refractivity contribution < 1.29 is 4.42 Å². The van der Waals surface area contributed by atoms with Gasteiger partial charge in [-0.3, -0.25) is 0 Å². The standard InChI is InChI=1S/C15H22N2O/c1-5-17-11(2)9-14(13(17)4)10-16-12(3)15-7-6-8-18-15/h6-9,12,16H,5,10H2,1-4H3. The fourth-order valence-corrected chi connectivity index (χ4v) is 2.44. The van der Waals surface area contributed by atoms with Gasteiger partial charge in [-0.05, 0) is 51.5 Å². The van der Waals surface area contributed by atoms with Crippen LogP contribution < -0.4 is 5.32 Å². The third-order valence-electron chi connectivity index (χ3n) is 3.56. The molecule has 3 nitrogen and oxygen atoms in total. The lowest BCUT2D eigenvalue weighted by molar-refractivity contribution is 0.430. The third-order valence-corrected chi connectivity index (χ3v) is 3.56. The fourth-order valence-electron chi connectivity index (χ4n) is 2.44. The Hall–Kier alpha value is -1.48. The molecule has 0 saturated heterocycles. The van der Waals surface area contributed by atoms with E-state index in [0.717, 1.165) is 18.8 Å². The molecule has 2 aromatic heterocycles. The summed E-state index contributed by atoms with van der Waals surface area (Å²) in [5.74, 6) is 0.985. The maximum Gasteiger partial charge on any atom is 0.120 e. The van der Waals surface area contributed by atoms with Gasteiger partial charge in [0.05, 0.1) is 12.3 Å². The summed E-state index contributed by atoms with van der Waals surface area (Å²) in [5.41, 5.74) is 4.05. The van der Waals surface area contributed by atoms with Crippen LogP contribution in [0.25, 0.3) is 0 Å². The number of hydrogen-bond acceptors (Lipinski definition) is 2. The van der Waals surface area contributed by atoms with Crippen molar-refractivity contribution >= 4 is 0 Å². The zero-order valence-electron chi connectivity index (χ0n) is 11.7. The highest BCUT2D eigenvalue weighted by Gasteiger charge is 2.11. The molecule has 0 fully saturated rings. The average Bonchev–Trinajstić information content (AvgIpc) is 2.95. The summed E-state index contributed by atoms with van der Waals surface area (Å²) in [7, 11) is 0. The highest BCUT2D eigenvalue weighted by molar-refractivity contribution is 5.26. The van der Waals surface area contributed by atoms with E-state index in [4.69, 9.17) is 4.42 Å². The average molecular weight is 246 g/mol. The molecule has 2 aromatic rings. The maximum absolute atomic E-state index is 5.40. The largest absolute Gasteiger partial charge is 0.468 e. The van der Waals surface area contributed by atoms with Crippen LogP contribution in [0.3, 0.4) is 0 Å². The summed E-state index contributed by atoms with van der Waals surface area (Å²) in [5, 5.41) is 3.50. The zero-order valence-corrected chi connectivity index (χ0v) is 11.7. The molecule has 0 bridgehead atoms. The summed E-state index contributed by atoms with van der Waals surface area (Å²) in [6.45, 7) is 10.6. The first-order chi connectivity index (χ1) is 8.63. The van der Waals surface area contributed by atoms with Gasteiger partial charge in [-0.15, -0.1) is 0 Å². The summed E-state index contributed by atoms with van der Waals surface area (Å²) in [6.07, 6.45) is 1.72. The monoisotopic (exact) mass is 246 g/mol. The van der Waals surface area contributed by atoms with Crippen molar-refractivity contribution in [3.8, 4) is 0 Å². The Labute approximate surface area is 109 Å². The van der Waals surface area contributed by atoms with Crippen molar-refractivity contribution in [2.24, 2.45) is 0 Å². The topological polar surface area (TPSA) is 30.1 Å². The Morgan fingerprint density at radius 3 is 2.72 bits per heavy atom. The Bertz CT molecular complexity index is 497. The summed E-state index contributed by atoms with van der Waals surface area (Å²) in [6, 6.07) is 6.44. The predicted molar refractivity (Wildman–Crippen MR) is 73.5 cm³/mol. The van der Waals surface area contributed by atoms with E-state index in [2.05, 4.69) is 43.6 Å². The molecule has 1 unspecified atom stereocenters. The SMILES string of the molecule is CCn1c(C)cc(CNC(C)c2ccco2)c1C. The first-order valence-corrected chi connectivity index (χ1v) is 6.55. The minimum Gasteiger partial charge on any atom is -0.468 e. The van der Waals surface area contributed by atoms with E-state index in [-0.39, 0.29) is 6.04 Å². The van der Waals surface area contributed by atoms with Crippen molar-refractivity contribution in [1.29, 1.82) is 0 Å². The number of hydrogen-bond donors (Lipinski definition) is 1. The molecule has 98 valence electrons. The number of rotatable bonds is 5. The van der Waals surface area contributed by atoms with Gasteiger partial charge in [0.2, 0.25) is 0 Å². The van der Waals surface area contributed by atoms with Gasteiger partial charge in [-0.1, -0.05) is 0 Å². The number of nitrogens with zero attached hydrogens (tertiary/aromatic N) is 1. The van der Waals surface area contributed by atoms with Crippen LogP contribution in [-0.4, -0.2) is 4.57 Å². The van der Waals surface area contributed by atoms with Crippen LogP contribution in [0.4, 0.5) is 0 Å². The van der Waals surface area contributed by atoms with E-state index in [0.29, 0.717) is 0 Å². The van der Waals surface area contributed by atoms with Gasteiger partial charge in [0.25, 0.3) is 0 Å². The van der Waals surface area contributed by atoms with E-state index >= 15 is 0 Å². The molecular formula is C15H22N2O. The minimum absolute atomic E-state index is 0.240. The molecule has 0 spiro atoms. The molecule has 1 atom stereocenters. The van der Waals surface area contributed by atoms with E-state index < -0.39 is 0 Å². The molecule has 0 saturated carbocycles. The van der Waals surface area contributed by atoms with Crippen LogP contribution in [0.5, 0.6) is 0 Å². The smallest absolute Gasteiger partial charge is 0.120 e. The van der Waals surface area contributed by atoms with Gasteiger partial charge in [-0.2, -0.15) is 0 Å². The fraction of sp³-hybridized carbons (Fsp3) is 0.467. The Balaban J connectivity index is 2.02. The van der Waals surface area contributed by atoms with E-state index in [1.165, 1.54) is 17.0 Å². The highest BCUT2D eigenvalue weighted by atomic mass is 16.3. The lowest BCUT2D eigenvalue weighted by Gasteiger charge is -2.11. The van der Waals surface area contributed by atoms with Crippen LogP contribution in [0.1, 0.15) is 42.6 Å². The molecular weight excluding hydrogens is 224 g/mol. The Morgan fingerprint density at radius 2 is 2.17 bits per heavy atom. The van der Waals surface area contributed by atoms with Crippen molar-refractivity contribution in [2.75, 3.05) is 0 Å². The molecule has 0 aliphatic rings. The summed E-state index contributed by atoms with van der Waals surface area (Å²) < 4.78 is 7.74. The van der Waals surface area contributed by atoms with Crippen LogP contribution in [-0.2, 0) is 13.1 Å². The summed E-state index contributed by atoms with van der Waals surface area (Å²) in [4.78, 5) is 0. The van der Waals surface area contributed by atoms with Crippen molar-refractivity contribution in [2.45, 2.75) is 46.8 Å². The first kappa shape index (κ1) is 13.0. The second kappa shape index (κ2) is 5.44. The highest BCUT2D eigenvalue weighted by Crippen LogP contribution is 2.17. The van der Waals surface area contributed by atoms with Gasteiger partial charge < -0.3 is 14.3 Å². The molecule has 0 aliphatic carbocycles. The first-order valence-electron chi connectivity index (χ1n) is 6.55. The van der Waals surface area contributed by atoms with Crippen LogP contribution in [0, 0.1) is 13.8 Å². The van der Waals surface area contributed by atoms with Crippen molar-refractivity contribution in [3.63, 3.8) is 0 Å². The second-order valence-corrected chi connectivity index (χ2v) is 4.76. The van der Waals surface area contributed by atoms with E-state index in [1.807, 2.05) is 12.1 Å². The van der Waals surface area contributed by atoms with Crippen LogP contribution in [0.15, 0.2) is 28.9 Å². The molecule has 0 amide bonds. The number of furan rings is 1. The van der Waals surface area contributed by atoms with E-state index in [9.17, 15) is 0 Å². The van der Waals surface area contributed by atoms with Gasteiger partial charge in [0.15, 0.2) is 0 Å². The number of aryl methyl sites for hydroxylation is 1. The van der Waals surface area contributed by atoms with Crippen LogP contribution in [0.2, 0.25) is 0 Å². The molecule has 0 radical (unpaired) electrons. The Morgan fingerprint density at radius 1 is 1.39 bits per heavy atom. The van der Waals surface area contributed by atoms with Crippen molar-refractivity contribution in [1.82, 2.24) is 9.88 Å². The quantitative estimate of drug-likeness (QED) is 0.874. The Kier molecular flexibility index (Phi) is 3.92. The van der Waals surface area contributed by atoms with E-state index in [1.54, 1.807) is 6.26 Å². The van der Waals surface area contributed by atoms with Gasteiger partial charge in [0.1, 0.15) is 5.76 Å². The zero-order chi connectivity index (χ0) is 13.1. The molecule has 2 heterocycles. The molecule has 0 aromatic carbocycles. The third kappa shape index (κ3) is 2.51. The second-order valence-electron chi connectivity index (χ2n) is 4.76. The lowest BCUT2D eigenvalue weighted by Crippen LogP contribution is -2.18. The molecule has 0 aliphatic heterocycles. The number of nitrogens with one attached hydrogen (secondary N) is 1. The lowest BCUT2D eigenvalue weighted by atomic mass is 10.2.